The molecule has 4 atom stereocenters. The van der Waals surface area contributed by atoms with Crippen molar-refractivity contribution in [1.82, 2.24) is 10.2 Å². The maximum absolute atomic E-state index is 12.9. The van der Waals surface area contributed by atoms with Crippen molar-refractivity contribution in [3.8, 4) is 0 Å². The number of thioether (sulfide) groups is 1. The van der Waals surface area contributed by atoms with Gasteiger partial charge in [-0.3, -0.25) is 14.4 Å². The molecule has 0 saturated carbocycles. The maximum atomic E-state index is 12.9. The summed E-state index contributed by atoms with van der Waals surface area (Å²) in [5.74, 6) is -4.09. The molecule has 8 nitrogen and oxygen atoms in total. The monoisotopic (exact) mass is 518 g/mol. The zero-order chi connectivity index (χ0) is 20.6. The first-order valence-corrected chi connectivity index (χ1v) is 10.9. The van der Waals surface area contributed by atoms with Crippen LogP contribution in [0.4, 0.5) is 0 Å². The number of carbonyl (C=O) groups excluding carboxylic acids is 3. The lowest BCUT2D eigenvalue weighted by Gasteiger charge is -2.43. The SMILES string of the molecule is CC1(C)S[C@@H]2[C@H](NC(=O)C(C(=O)OCI)c3ccccc3)C(=O)N2[C@H]1C(=O)O. The van der Waals surface area contributed by atoms with Gasteiger partial charge < -0.3 is 20.1 Å². The van der Waals surface area contributed by atoms with Crippen LogP contribution in [-0.4, -0.2) is 60.6 Å². The molecule has 2 N–H and O–H groups in total. The van der Waals surface area contributed by atoms with Crippen molar-refractivity contribution >= 4 is 58.1 Å². The Morgan fingerprint density at radius 3 is 2.54 bits per heavy atom. The van der Waals surface area contributed by atoms with E-state index in [0.717, 1.165) is 0 Å². The summed E-state index contributed by atoms with van der Waals surface area (Å²) in [6.07, 6.45) is 0. The lowest BCUT2D eigenvalue weighted by molar-refractivity contribution is -0.161. The number of esters is 1. The van der Waals surface area contributed by atoms with E-state index in [1.165, 1.54) is 16.7 Å². The number of hydrogen-bond donors (Lipinski definition) is 2. The molecule has 1 aromatic rings. The van der Waals surface area contributed by atoms with Gasteiger partial charge in [-0.05, 0) is 42.0 Å². The molecule has 2 aliphatic rings. The minimum absolute atomic E-state index is 0.0936. The van der Waals surface area contributed by atoms with Crippen LogP contribution in [0.1, 0.15) is 25.3 Å². The second-order valence-electron chi connectivity index (χ2n) is 7.00. The van der Waals surface area contributed by atoms with Crippen molar-refractivity contribution in [2.75, 3.05) is 4.61 Å². The molecule has 10 heteroatoms. The Bertz CT molecular complexity index is 818. The van der Waals surface area contributed by atoms with E-state index in [9.17, 15) is 24.3 Å². The first-order chi connectivity index (χ1) is 13.2. The number of carboxylic acids is 1. The Morgan fingerprint density at radius 2 is 1.96 bits per heavy atom. The number of fused-ring (bicyclic) bond motifs is 1. The van der Waals surface area contributed by atoms with Crippen LogP contribution in [0.3, 0.4) is 0 Å². The van der Waals surface area contributed by atoms with Crippen molar-refractivity contribution < 1.29 is 29.0 Å². The Labute approximate surface area is 179 Å². The molecule has 2 heterocycles. The molecule has 28 heavy (non-hydrogen) atoms. The van der Waals surface area contributed by atoms with Crippen molar-refractivity contribution in [3.63, 3.8) is 0 Å². The number of ether oxygens (including phenoxy) is 1. The quantitative estimate of drug-likeness (QED) is 0.192. The number of nitrogens with zero attached hydrogens (tertiary/aromatic N) is 1. The molecule has 150 valence electrons. The molecular formula is C18H19IN2O6S. The van der Waals surface area contributed by atoms with E-state index in [-0.39, 0.29) is 4.61 Å². The average molecular weight is 518 g/mol. The second kappa shape index (κ2) is 7.90. The van der Waals surface area contributed by atoms with E-state index in [1.807, 2.05) is 22.6 Å². The fraction of sp³-hybridized carbons (Fsp3) is 0.444. The first kappa shape index (κ1) is 20.9. The Kier molecular flexibility index (Phi) is 5.89. The smallest absolute Gasteiger partial charge is 0.327 e. The molecule has 0 aliphatic carbocycles. The van der Waals surface area contributed by atoms with Crippen molar-refractivity contribution in [3.05, 3.63) is 35.9 Å². The van der Waals surface area contributed by atoms with Crippen LogP contribution in [0.2, 0.25) is 0 Å². The standard InChI is InChI=1S/C18H19IN2O6S/c1-18(2)12(16(24)25)21-14(23)11(15(21)28-18)20-13(22)10(17(26)27-8-19)9-6-4-3-5-7-9/h3-7,10-12,15H,8H2,1-2H3,(H,20,22)(H,24,25)/t10?,11-,12+,15-/m1/s1. The average Bonchev–Trinajstić information content (AvgIpc) is 2.89. The van der Waals surface area contributed by atoms with Gasteiger partial charge in [0, 0.05) is 4.75 Å². The molecule has 2 amide bonds. The largest absolute Gasteiger partial charge is 0.480 e. The third kappa shape index (κ3) is 3.59. The van der Waals surface area contributed by atoms with Gasteiger partial charge in [-0.15, -0.1) is 11.8 Å². The molecule has 0 bridgehead atoms. The minimum Gasteiger partial charge on any atom is -0.480 e. The van der Waals surface area contributed by atoms with E-state index >= 15 is 0 Å². The zero-order valence-electron chi connectivity index (χ0n) is 15.1. The highest BCUT2D eigenvalue weighted by molar-refractivity contribution is 14.1. The Morgan fingerprint density at radius 1 is 1.32 bits per heavy atom. The highest BCUT2D eigenvalue weighted by Gasteiger charge is 2.64. The van der Waals surface area contributed by atoms with Crippen LogP contribution >= 0.6 is 34.4 Å². The van der Waals surface area contributed by atoms with Crippen LogP contribution < -0.4 is 5.32 Å². The van der Waals surface area contributed by atoms with Crippen LogP contribution in [0.15, 0.2) is 30.3 Å². The fourth-order valence-corrected chi connectivity index (χ4v) is 5.49. The molecule has 2 fully saturated rings. The zero-order valence-corrected chi connectivity index (χ0v) is 18.1. The lowest BCUT2D eigenvalue weighted by atomic mass is 9.94. The van der Waals surface area contributed by atoms with Gasteiger partial charge in [-0.1, -0.05) is 30.3 Å². The third-order valence-corrected chi connectivity index (χ3v) is 6.68. The number of halogens is 1. The summed E-state index contributed by atoms with van der Waals surface area (Å²) in [5, 5.41) is 11.6. The number of alkyl halides is 1. The van der Waals surface area contributed by atoms with Crippen molar-refractivity contribution in [2.45, 2.75) is 42.0 Å². The van der Waals surface area contributed by atoms with E-state index < -0.39 is 51.9 Å². The Hall–Kier alpha value is -1.82. The van der Waals surface area contributed by atoms with Gasteiger partial charge in [0.05, 0.1) is 0 Å². The van der Waals surface area contributed by atoms with E-state index in [2.05, 4.69) is 5.32 Å². The van der Waals surface area contributed by atoms with Gasteiger partial charge in [0.2, 0.25) is 11.8 Å². The summed E-state index contributed by atoms with van der Waals surface area (Å²) in [4.78, 5) is 50.6. The molecule has 0 aromatic heterocycles. The van der Waals surface area contributed by atoms with Gasteiger partial charge in [0.25, 0.3) is 0 Å². The van der Waals surface area contributed by atoms with Gasteiger partial charge >= 0.3 is 11.9 Å². The number of benzene rings is 1. The molecule has 1 aromatic carbocycles. The molecular weight excluding hydrogens is 499 g/mol. The van der Waals surface area contributed by atoms with E-state index in [0.29, 0.717) is 5.56 Å². The van der Waals surface area contributed by atoms with Crippen molar-refractivity contribution in [1.29, 1.82) is 0 Å². The van der Waals surface area contributed by atoms with Crippen LogP contribution in [0.5, 0.6) is 0 Å². The summed E-state index contributed by atoms with van der Waals surface area (Å²) in [7, 11) is 0. The second-order valence-corrected chi connectivity index (χ2v) is 9.39. The number of carbonyl (C=O) groups is 4. The predicted molar refractivity (Wildman–Crippen MR) is 110 cm³/mol. The number of amides is 2. The highest BCUT2D eigenvalue weighted by Crippen LogP contribution is 2.50. The number of hydrogen-bond acceptors (Lipinski definition) is 6. The minimum atomic E-state index is -1.20. The molecule has 0 radical (unpaired) electrons. The highest BCUT2D eigenvalue weighted by atomic mass is 127. The van der Waals surface area contributed by atoms with Gasteiger partial charge in [-0.25, -0.2) is 4.79 Å². The van der Waals surface area contributed by atoms with Crippen LogP contribution in [-0.2, 0) is 23.9 Å². The van der Waals surface area contributed by atoms with Gasteiger partial charge in [0.1, 0.15) is 22.1 Å². The fourth-order valence-electron chi connectivity index (χ4n) is 3.56. The lowest BCUT2D eigenvalue weighted by Crippen LogP contribution is -2.71. The number of nitrogens with one attached hydrogen (secondary N) is 1. The predicted octanol–water partition coefficient (Wildman–Crippen LogP) is 1.34. The summed E-state index contributed by atoms with van der Waals surface area (Å²) in [5.41, 5.74) is 0.460. The van der Waals surface area contributed by atoms with E-state index in [4.69, 9.17) is 4.74 Å². The van der Waals surface area contributed by atoms with Crippen molar-refractivity contribution in [2.24, 2.45) is 0 Å². The molecule has 2 saturated heterocycles. The topological polar surface area (TPSA) is 113 Å². The number of carboxylic acid groups (broad SMARTS) is 1. The summed E-state index contributed by atoms with van der Waals surface area (Å²) >= 11 is 3.19. The van der Waals surface area contributed by atoms with Gasteiger partial charge in [0.15, 0.2) is 5.92 Å². The number of rotatable bonds is 6. The third-order valence-electron chi connectivity index (χ3n) is 4.80. The molecule has 3 rings (SSSR count). The molecule has 0 spiro atoms. The molecule has 1 unspecified atom stereocenters. The first-order valence-electron chi connectivity index (χ1n) is 8.49. The summed E-state index contributed by atoms with van der Waals surface area (Å²) < 4.78 is 4.42. The normalized spacial score (nSPS) is 26.0. The summed E-state index contributed by atoms with van der Waals surface area (Å²) in [6, 6.07) is 6.62. The van der Waals surface area contributed by atoms with Gasteiger partial charge in [-0.2, -0.15) is 0 Å². The van der Waals surface area contributed by atoms with Crippen LogP contribution in [0, 0.1) is 0 Å². The number of β-lactam (4-membered cyclic amide) rings is 1. The van der Waals surface area contributed by atoms with E-state index in [1.54, 1.807) is 44.2 Å². The number of aliphatic carboxylic acids is 1. The maximum Gasteiger partial charge on any atom is 0.327 e. The summed E-state index contributed by atoms with van der Waals surface area (Å²) in [6.45, 7) is 3.51. The Balaban J connectivity index is 1.79. The molecule has 2 aliphatic heterocycles. The van der Waals surface area contributed by atoms with Crippen LogP contribution in [0.25, 0.3) is 0 Å².